The Morgan fingerprint density at radius 3 is 2.43 bits per heavy atom. The Kier molecular flexibility index (Phi) is 5.09. The Morgan fingerprint density at radius 2 is 1.76 bits per heavy atom. The van der Waals surface area contributed by atoms with Gasteiger partial charge >= 0.3 is 6.18 Å². The number of para-hydroxylation sites is 1. The van der Waals surface area contributed by atoms with Crippen molar-refractivity contribution in [1.82, 2.24) is 4.90 Å². The standard InChI is InChI=1S/C15H19F3N2O/c16-15(17,18)8-7-14(21)20-10-4-9-19(11-12-20)13-5-2-1-3-6-13/h1-3,5-6H,4,7-12H2. The first-order valence-corrected chi connectivity index (χ1v) is 7.10. The molecule has 0 bridgehead atoms. The van der Waals surface area contributed by atoms with Gasteiger partial charge in [-0.3, -0.25) is 4.79 Å². The Labute approximate surface area is 122 Å². The maximum Gasteiger partial charge on any atom is 0.389 e. The molecule has 1 amide bonds. The Balaban J connectivity index is 1.87. The molecule has 0 saturated carbocycles. The van der Waals surface area contributed by atoms with E-state index in [-0.39, 0.29) is 0 Å². The zero-order valence-electron chi connectivity index (χ0n) is 11.8. The fourth-order valence-electron chi connectivity index (χ4n) is 2.47. The van der Waals surface area contributed by atoms with Gasteiger partial charge in [-0.05, 0) is 18.6 Å². The fourth-order valence-corrected chi connectivity index (χ4v) is 2.47. The number of alkyl halides is 3. The van der Waals surface area contributed by atoms with E-state index >= 15 is 0 Å². The van der Waals surface area contributed by atoms with Crippen LogP contribution in [0.4, 0.5) is 18.9 Å². The van der Waals surface area contributed by atoms with Crippen LogP contribution in [0.15, 0.2) is 30.3 Å². The van der Waals surface area contributed by atoms with Crippen molar-refractivity contribution in [2.45, 2.75) is 25.4 Å². The molecule has 0 N–H and O–H groups in total. The summed E-state index contributed by atoms with van der Waals surface area (Å²) in [6.07, 6.45) is -4.98. The topological polar surface area (TPSA) is 23.6 Å². The van der Waals surface area contributed by atoms with Crippen LogP contribution in [0, 0.1) is 0 Å². The third-order valence-electron chi connectivity index (χ3n) is 3.59. The van der Waals surface area contributed by atoms with Crippen LogP contribution in [-0.4, -0.2) is 43.2 Å². The van der Waals surface area contributed by atoms with E-state index in [0.29, 0.717) is 19.6 Å². The Morgan fingerprint density at radius 1 is 1.05 bits per heavy atom. The molecule has 1 aliphatic rings. The van der Waals surface area contributed by atoms with E-state index in [1.165, 1.54) is 0 Å². The molecule has 1 aliphatic heterocycles. The summed E-state index contributed by atoms with van der Waals surface area (Å²) < 4.78 is 36.5. The molecule has 2 rings (SSSR count). The number of hydrogen-bond donors (Lipinski definition) is 0. The zero-order valence-corrected chi connectivity index (χ0v) is 11.8. The van der Waals surface area contributed by atoms with Crippen molar-refractivity contribution in [2.75, 3.05) is 31.1 Å². The molecule has 0 unspecified atom stereocenters. The molecule has 0 radical (unpaired) electrons. The number of anilines is 1. The molecule has 6 heteroatoms. The van der Waals surface area contributed by atoms with Gasteiger partial charge in [-0.25, -0.2) is 0 Å². The fraction of sp³-hybridized carbons (Fsp3) is 0.533. The van der Waals surface area contributed by atoms with Crippen LogP contribution in [0.1, 0.15) is 19.3 Å². The predicted octanol–water partition coefficient (Wildman–Crippen LogP) is 3.07. The summed E-state index contributed by atoms with van der Waals surface area (Å²) in [5.74, 6) is -0.401. The first-order valence-electron chi connectivity index (χ1n) is 7.10. The maximum atomic E-state index is 12.2. The van der Waals surface area contributed by atoms with Crippen molar-refractivity contribution in [3.05, 3.63) is 30.3 Å². The molecule has 1 aromatic rings. The minimum absolute atomic E-state index is 0.401. The number of halogens is 3. The smallest absolute Gasteiger partial charge is 0.370 e. The highest BCUT2D eigenvalue weighted by Crippen LogP contribution is 2.22. The van der Waals surface area contributed by atoms with E-state index in [4.69, 9.17) is 0 Å². The number of carbonyl (C=O) groups excluding carboxylic acids is 1. The highest BCUT2D eigenvalue weighted by Gasteiger charge is 2.29. The third kappa shape index (κ3) is 4.95. The van der Waals surface area contributed by atoms with Crippen molar-refractivity contribution in [3.63, 3.8) is 0 Å². The van der Waals surface area contributed by atoms with Gasteiger partial charge in [-0.2, -0.15) is 13.2 Å². The van der Waals surface area contributed by atoms with Crippen LogP contribution in [0.25, 0.3) is 0 Å². The van der Waals surface area contributed by atoms with Gasteiger partial charge in [0.25, 0.3) is 0 Å². The largest absolute Gasteiger partial charge is 0.389 e. The van der Waals surface area contributed by atoms with Crippen LogP contribution in [0.2, 0.25) is 0 Å². The summed E-state index contributed by atoms with van der Waals surface area (Å²) in [4.78, 5) is 15.6. The highest BCUT2D eigenvalue weighted by molar-refractivity contribution is 5.76. The molecule has 3 nitrogen and oxygen atoms in total. The lowest BCUT2D eigenvalue weighted by Crippen LogP contribution is -2.35. The van der Waals surface area contributed by atoms with Crippen LogP contribution in [0.5, 0.6) is 0 Å². The lowest BCUT2D eigenvalue weighted by molar-refractivity contribution is -0.149. The van der Waals surface area contributed by atoms with E-state index in [9.17, 15) is 18.0 Å². The van der Waals surface area contributed by atoms with Crippen molar-refractivity contribution in [1.29, 1.82) is 0 Å². The molecule has 1 saturated heterocycles. The maximum absolute atomic E-state index is 12.2. The zero-order chi connectivity index (χ0) is 15.3. The molecular weight excluding hydrogens is 281 g/mol. The molecule has 0 aliphatic carbocycles. The quantitative estimate of drug-likeness (QED) is 0.856. The van der Waals surface area contributed by atoms with E-state index in [0.717, 1.165) is 18.7 Å². The summed E-state index contributed by atoms with van der Waals surface area (Å²) in [5.41, 5.74) is 1.09. The number of rotatable bonds is 3. The normalized spacial score (nSPS) is 16.7. The molecule has 0 atom stereocenters. The number of amides is 1. The van der Waals surface area contributed by atoms with Gasteiger partial charge in [-0.15, -0.1) is 0 Å². The summed E-state index contributed by atoms with van der Waals surface area (Å²) in [7, 11) is 0. The molecule has 0 aromatic heterocycles. The summed E-state index contributed by atoms with van der Waals surface area (Å²) in [5, 5.41) is 0. The summed E-state index contributed by atoms with van der Waals surface area (Å²) in [6, 6.07) is 9.84. The van der Waals surface area contributed by atoms with Crippen molar-refractivity contribution >= 4 is 11.6 Å². The molecule has 21 heavy (non-hydrogen) atoms. The molecular formula is C15H19F3N2O. The van der Waals surface area contributed by atoms with Crippen molar-refractivity contribution < 1.29 is 18.0 Å². The van der Waals surface area contributed by atoms with E-state index in [1.54, 1.807) is 4.90 Å². The third-order valence-corrected chi connectivity index (χ3v) is 3.59. The SMILES string of the molecule is O=C(CCC(F)(F)F)N1CCCN(c2ccccc2)CC1. The Hall–Kier alpha value is -1.72. The lowest BCUT2D eigenvalue weighted by Gasteiger charge is -2.23. The van der Waals surface area contributed by atoms with Crippen LogP contribution in [0.3, 0.4) is 0 Å². The number of nitrogens with zero attached hydrogens (tertiary/aromatic N) is 2. The average molecular weight is 300 g/mol. The number of carbonyl (C=O) groups is 1. The van der Waals surface area contributed by atoms with Gasteiger partial charge in [0.15, 0.2) is 0 Å². The van der Waals surface area contributed by atoms with Gasteiger partial charge in [0.1, 0.15) is 0 Å². The van der Waals surface area contributed by atoms with Crippen molar-refractivity contribution in [3.8, 4) is 0 Å². The van der Waals surface area contributed by atoms with E-state index in [1.807, 2.05) is 30.3 Å². The van der Waals surface area contributed by atoms with Gasteiger partial charge in [0.2, 0.25) is 5.91 Å². The second-order valence-electron chi connectivity index (χ2n) is 5.17. The highest BCUT2D eigenvalue weighted by atomic mass is 19.4. The predicted molar refractivity (Wildman–Crippen MR) is 75.1 cm³/mol. The second-order valence-corrected chi connectivity index (χ2v) is 5.17. The number of benzene rings is 1. The van der Waals surface area contributed by atoms with Gasteiger partial charge in [0, 0.05) is 38.3 Å². The van der Waals surface area contributed by atoms with Gasteiger partial charge in [0.05, 0.1) is 6.42 Å². The molecule has 116 valence electrons. The van der Waals surface area contributed by atoms with Gasteiger partial charge < -0.3 is 9.80 Å². The van der Waals surface area contributed by atoms with Crippen LogP contribution < -0.4 is 4.90 Å². The minimum Gasteiger partial charge on any atom is -0.370 e. The molecule has 1 fully saturated rings. The summed E-state index contributed by atoms with van der Waals surface area (Å²) in [6.45, 7) is 2.47. The second kappa shape index (κ2) is 6.83. The molecule has 1 aromatic carbocycles. The monoisotopic (exact) mass is 300 g/mol. The lowest BCUT2D eigenvalue weighted by atomic mass is 10.2. The first kappa shape index (κ1) is 15.7. The molecule has 1 heterocycles. The first-order chi connectivity index (χ1) is 9.96. The van der Waals surface area contributed by atoms with Crippen LogP contribution in [-0.2, 0) is 4.79 Å². The average Bonchev–Trinajstić information content (AvgIpc) is 2.71. The number of hydrogen-bond acceptors (Lipinski definition) is 2. The Bertz CT molecular complexity index is 462. The minimum atomic E-state index is -4.27. The molecule has 0 spiro atoms. The van der Waals surface area contributed by atoms with Crippen LogP contribution >= 0.6 is 0 Å². The van der Waals surface area contributed by atoms with E-state index < -0.39 is 24.9 Å². The van der Waals surface area contributed by atoms with Crippen molar-refractivity contribution in [2.24, 2.45) is 0 Å². The summed E-state index contributed by atoms with van der Waals surface area (Å²) >= 11 is 0. The van der Waals surface area contributed by atoms with Gasteiger partial charge in [-0.1, -0.05) is 18.2 Å². The van der Waals surface area contributed by atoms with E-state index in [2.05, 4.69) is 4.90 Å².